The average molecular weight is 325 g/mol. The van der Waals surface area contributed by atoms with Gasteiger partial charge in [-0.3, -0.25) is 4.72 Å². The number of nitrogens with one attached hydrogen (secondary N) is 1. The van der Waals surface area contributed by atoms with Crippen molar-refractivity contribution in [2.24, 2.45) is 0 Å². The number of nitrogens with zero attached hydrogens (tertiary/aromatic N) is 1. The zero-order chi connectivity index (χ0) is 15.8. The van der Waals surface area contributed by atoms with Crippen LogP contribution in [-0.2, 0) is 10.0 Å². The van der Waals surface area contributed by atoms with Gasteiger partial charge in [0.25, 0.3) is 10.0 Å². The van der Waals surface area contributed by atoms with Crippen molar-refractivity contribution in [2.45, 2.75) is 18.7 Å². The normalized spacial score (nSPS) is 11.1. The molecule has 0 aliphatic carbocycles. The third kappa shape index (κ3) is 2.84. The maximum atomic E-state index is 13.4. The lowest BCUT2D eigenvalue weighted by Gasteiger charge is -2.07. The van der Waals surface area contributed by atoms with E-state index in [1.807, 2.05) is 6.07 Å². The van der Waals surface area contributed by atoms with Crippen LogP contribution in [0.2, 0.25) is 0 Å². The minimum absolute atomic E-state index is 0.130. The molecule has 0 saturated carbocycles. The number of aryl methyl sites for hydroxylation is 1. The van der Waals surface area contributed by atoms with Crippen molar-refractivity contribution in [2.75, 3.05) is 10.5 Å². The van der Waals surface area contributed by atoms with Crippen LogP contribution in [0.3, 0.4) is 0 Å². The molecule has 0 bridgehead atoms. The van der Waals surface area contributed by atoms with Crippen LogP contribution in [0.5, 0.6) is 0 Å². The summed E-state index contributed by atoms with van der Waals surface area (Å²) in [7, 11) is -3.97. The number of thiophene rings is 1. The molecular weight excluding hydrogens is 313 g/mol. The fraction of sp³-hybridized carbons (Fsp3) is 0.154. The van der Waals surface area contributed by atoms with Crippen LogP contribution in [0.1, 0.15) is 16.0 Å². The van der Waals surface area contributed by atoms with Crippen LogP contribution >= 0.6 is 11.3 Å². The van der Waals surface area contributed by atoms with Gasteiger partial charge in [-0.05, 0) is 37.6 Å². The number of anilines is 2. The third-order valence-corrected chi connectivity index (χ3v) is 5.61. The summed E-state index contributed by atoms with van der Waals surface area (Å²) in [6.45, 7) is 3.53. The molecule has 3 N–H and O–H groups in total. The number of nitrogens with two attached hydrogens (primary N) is 1. The van der Waals surface area contributed by atoms with E-state index in [9.17, 15) is 12.8 Å². The largest absolute Gasteiger partial charge is 0.396 e. The van der Waals surface area contributed by atoms with Crippen LogP contribution in [0.4, 0.5) is 15.1 Å². The lowest BCUT2D eigenvalue weighted by molar-refractivity contribution is 0.596. The van der Waals surface area contributed by atoms with Crippen molar-refractivity contribution in [3.05, 3.63) is 40.0 Å². The molecule has 2 aromatic rings. The molecule has 1 aromatic heterocycles. The summed E-state index contributed by atoms with van der Waals surface area (Å²) in [5.41, 5.74) is 6.19. The number of halogens is 1. The summed E-state index contributed by atoms with van der Waals surface area (Å²) in [5.74, 6) is -0.808. The predicted molar refractivity (Wildman–Crippen MR) is 80.1 cm³/mol. The van der Waals surface area contributed by atoms with E-state index in [1.165, 1.54) is 12.1 Å². The van der Waals surface area contributed by atoms with Crippen molar-refractivity contribution >= 4 is 32.0 Å². The van der Waals surface area contributed by atoms with E-state index in [2.05, 4.69) is 4.72 Å². The number of nitriles is 1. The Morgan fingerprint density at radius 2 is 2.05 bits per heavy atom. The number of nitrogen functional groups attached to an aromatic ring is 1. The molecule has 21 heavy (non-hydrogen) atoms. The van der Waals surface area contributed by atoms with Gasteiger partial charge in [0.2, 0.25) is 0 Å². The average Bonchev–Trinajstić information content (AvgIpc) is 2.66. The van der Waals surface area contributed by atoms with Gasteiger partial charge in [0, 0.05) is 4.88 Å². The highest BCUT2D eigenvalue weighted by Gasteiger charge is 2.20. The molecule has 0 aliphatic heterocycles. The van der Waals surface area contributed by atoms with E-state index >= 15 is 0 Å². The molecule has 0 aliphatic rings. The van der Waals surface area contributed by atoms with Crippen molar-refractivity contribution in [3.8, 4) is 6.07 Å². The molecule has 0 unspecified atom stereocenters. The van der Waals surface area contributed by atoms with Gasteiger partial charge in [0.1, 0.15) is 16.9 Å². The topological polar surface area (TPSA) is 96.0 Å². The molecule has 0 radical (unpaired) electrons. The number of sulfonamides is 1. The summed E-state index contributed by atoms with van der Waals surface area (Å²) >= 11 is 1.16. The smallest absolute Gasteiger partial charge is 0.262 e. The molecule has 110 valence electrons. The molecule has 0 saturated heterocycles. The number of rotatable bonds is 3. The summed E-state index contributed by atoms with van der Waals surface area (Å²) < 4.78 is 40.2. The summed E-state index contributed by atoms with van der Waals surface area (Å²) in [6.07, 6.45) is 0. The van der Waals surface area contributed by atoms with Crippen LogP contribution in [0.15, 0.2) is 23.1 Å². The Hall–Kier alpha value is -2.11. The van der Waals surface area contributed by atoms with Crippen molar-refractivity contribution < 1.29 is 12.8 Å². The first kappa shape index (κ1) is 15.3. The fourth-order valence-electron chi connectivity index (χ4n) is 1.69. The molecule has 2 rings (SSSR count). The predicted octanol–water partition coefficient (Wildman–Crippen LogP) is 2.76. The van der Waals surface area contributed by atoms with Crippen molar-refractivity contribution in [1.82, 2.24) is 0 Å². The van der Waals surface area contributed by atoms with Crippen molar-refractivity contribution in [3.63, 3.8) is 0 Å². The van der Waals surface area contributed by atoms with E-state index in [4.69, 9.17) is 11.0 Å². The van der Waals surface area contributed by atoms with Gasteiger partial charge in [-0.15, -0.1) is 11.3 Å². The van der Waals surface area contributed by atoms with E-state index < -0.39 is 15.8 Å². The van der Waals surface area contributed by atoms with Gasteiger partial charge >= 0.3 is 0 Å². The number of benzene rings is 1. The first-order valence-electron chi connectivity index (χ1n) is 5.84. The van der Waals surface area contributed by atoms with Gasteiger partial charge in [-0.1, -0.05) is 0 Å². The van der Waals surface area contributed by atoms with Crippen LogP contribution in [0, 0.1) is 31.0 Å². The molecule has 0 fully saturated rings. The van der Waals surface area contributed by atoms with Crippen LogP contribution < -0.4 is 10.5 Å². The van der Waals surface area contributed by atoms with E-state index in [1.54, 1.807) is 13.8 Å². The molecule has 0 amide bonds. The Morgan fingerprint density at radius 1 is 1.38 bits per heavy atom. The Bertz CT molecular complexity index is 851. The fourth-order valence-corrected chi connectivity index (χ4v) is 4.02. The Balaban J connectivity index is 2.45. The van der Waals surface area contributed by atoms with E-state index in [0.717, 1.165) is 27.8 Å². The summed E-state index contributed by atoms with van der Waals surface area (Å²) in [6, 6.07) is 5.20. The minimum Gasteiger partial charge on any atom is -0.396 e. The first-order valence-corrected chi connectivity index (χ1v) is 8.14. The number of hydrogen-bond donors (Lipinski definition) is 2. The second kappa shape index (κ2) is 5.35. The van der Waals surface area contributed by atoms with Gasteiger partial charge in [0.15, 0.2) is 0 Å². The monoisotopic (exact) mass is 325 g/mol. The lowest BCUT2D eigenvalue weighted by Crippen LogP contribution is -2.13. The zero-order valence-electron chi connectivity index (χ0n) is 11.3. The standard InChI is InChI=1S/C13H12FN3O2S2/c1-7-8(2)20-13(10(7)6-15)17-21(18,19)9-3-4-12(16)11(14)5-9/h3-5,17H,16H2,1-2H3. The van der Waals surface area contributed by atoms with Gasteiger partial charge in [-0.25, -0.2) is 12.8 Å². The maximum absolute atomic E-state index is 13.4. The highest BCUT2D eigenvalue weighted by atomic mass is 32.2. The Morgan fingerprint density at radius 3 is 2.62 bits per heavy atom. The van der Waals surface area contributed by atoms with Crippen molar-refractivity contribution in [1.29, 1.82) is 5.26 Å². The molecule has 1 heterocycles. The Kier molecular flexibility index (Phi) is 3.89. The molecule has 0 atom stereocenters. The second-order valence-electron chi connectivity index (χ2n) is 4.39. The highest BCUT2D eigenvalue weighted by molar-refractivity contribution is 7.93. The first-order chi connectivity index (χ1) is 9.76. The summed E-state index contributed by atoms with van der Waals surface area (Å²) in [5, 5.41) is 9.33. The highest BCUT2D eigenvalue weighted by Crippen LogP contribution is 2.33. The molecular formula is C13H12FN3O2S2. The third-order valence-electron chi connectivity index (χ3n) is 3.01. The van der Waals surface area contributed by atoms with Gasteiger partial charge in [0.05, 0.1) is 16.1 Å². The second-order valence-corrected chi connectivity index (χ2v) is 7.30. The minimum atomic E-state index is -3.97. The van der Waals surface area contributed by atoms with E-state index in [-0.39, 0.29) is 21.1 Å². The SMILES string of the molecule is Cc1sc(NS(=O)(=O)c2ccc(N)c(F)c2)c(C#N)c1C. The lowest BCUT2D eigenvalue weighted by atomic mass is 10.2. The quantitative estimate of drug-likeness (QED) is 0.848. The molecule has 5 nitrogen and oxygen atoms in total. The van der Waals surface area contributed by atoms with Crippen LogP contribution in [-0.4, -0.2) is 8.42 Å². The van der Waals surface area contributed by atoms with Gasteiger partial charge < -0.3 is 5.73 Å². The molecule has 1 aromatic carbocycles. The van der Waals surface area contributed by atoms with E-state index in [0.29, 0.717) is 0 Å². The van der Waals surface area contributed by atoms with Crippen LogP contribution in [0.25, 0.3) is 0 Å². The maximum Gasteiger partial charge on any atom is 0.262 e. The Labute approximate surface area is 125 Å². The zero-order valence-corrected chi connectivity index (χ0v) is 12.9. The molecule has 8 heteroatoms. The van der Waals surface area contributed by atoms with Gasteiger partial charge in [-0.2, -0.15) is 5.26 Å². The molecule has 0 spiro atoms. The summed E-state index contributed by atoms with van der Waals surface area (Å²) in [4.78, 5) is 0.592. The number of hydrogen-bond acceptors (Lipinski definition) is 5.